The van der Waals surface area contributed by atoms with Crippen LogP contribution in [-0.4, -0.2) is 24.3 Å². The summed E-state index contributed by atoms with van der Waals surface area (Å²) in [5.41, 5.74) is 2.28. The van der Waals surface area contributed by atoms with Crippen molar-refractivity contribution in [3.8, 4) is 0 Å². The van der Waals surface area contributed by atoms with Crippen LogP contribution in [0.2, 0.25) is 0 Å². The zero-order valence-corrected chi connectivity index (χ0v) is 14.7. The fourth-order valence-electron chi connectivity index (χ4n) is 2.51. The van der Waals surface area contributed by atoms with Crippen LogP contribution in [0.25, 0.3) is 16.0 Å². The minimum atomic E-state index is 0.731. The fourth-order valence-corrected chi connectivity index (χ4v) is 4.66. The average molecular weight is 341 g/mol. The first-order chi connectivity index (χ1) is 11.1. The van der Waals surface area contributed by atoms with Gasteiger partial charge in [-0.05, 0) is 32.4 Å². The predicted molar refractivity (Wildman–Crippen MR) is 94.2 cm³/mol. The molecule has 0 atom stereocenters. The van der Waals surface area contributed by atoms with Gasteiger partial charge in [0.25, 0.3) is 0 Å². The molecule has 0 aliphatic carbocycles. The Kier molecular flexibility index (Phi) is 3.54. The Morgan fingerprint density at radius 2 is 2.04 bits per heavy atom. The van der Waals surface area contributed by atoms with Crippen molar-refractivity contribution in [1.29, 1.82) is 0 Å². The first kappa shape index (κ1) is 14.6. The average Bonchev–Trinajstić information content (AvgIpc) is 3.06. The van der Waals surface area contributed by atoms with E-state index in [1.165, 1.54) is 15.8 Å². The van der Waals surface area contributed by atoms with Gasteiger partial charge in [-0.25, -0.2) is 19.9 Å². The molecule has 0 unspecified atom stereocenters. The molecule has 0 aliphatic heterocycles. The minimum absolute atomic E-state index is 0.731. The van der Waals surface area contributed by atoms with Crippen LogP contribution in [-0.2, 0) is 5.75 Å². The number of hydrogen-bond acceptors (Lipinski definition) is 6. The lowest BCUT2D eigenvalue weighted by Crippen LogP contribution is -1.92. The SMILES string of the molecule is Cc1nc(SCc2cn3cccnc3n2)c2c(C)c(C)sc2n1. The lowest BCUT2D eigenvalue weighted by molar-refractivity contribution is 1.01. The molecule has 0 amide bonds. The maximum Gasteiger partial charge on any atom is 0.233 e. The largest absolute Gasteiger partial charge is 0.291 e. The van der Waals surface area contributed by atoms with Gasteiger partial charge in [0.15, 0.2) is 0 Å². The van der Waals surface area contributed by atoms with E-state index in [2.05, 4.69) is 33.8 Å². The summed E-state index contributed by atoms with van der Waals surface area (Å²) in [4.78, 5) is 20.4. The number of fused-ring (bicyclic) bond motifs is 2. The monoisotopic (exact) mass is 341 g/mol. The van der Waals surface area contributed by atoms with E-state index in [0.29, 0.717) is 0 Å². The zero-order valence-electron chi connectivity index (χ0n) is 13.1. The van der Waals surface area contributed by atoms with E-state index in [1.807, 2.05) is 29.8 Å². The summed E-state index contributed by atoms with van der Waals surface area (Å²) in [7, 11) is 0. The van der Waals surface area contributed by atoms with Gasteiger partial charge in [0, 0.05) is 34.6 Å². The molecule has 4 aromatic heterocycles. The molecule has 0 radical (unpaired) electrons. The van der Waals surface area contributed by atoms with E-state index in [-0.39, 0.29) is 0 Å². The van der Waals surface area contributed by atoms with E-state index in [9.17, 15) is 0 Å². The molecule has 5 nitrogen and oxygen atoms in total. The topological polar surface area (TPSA) is 56.0 Å². The van der Waals surface area contributed by atoms with Gasteiger partial charge in [0.1, 0.15) is 15.7 Å². The van der Waals surface area contributed by atoms with Crippen LogP contribution >= 0.6 is 23.1 Å². The molecule has 0 saturated carbocycles. The second-order valence-electron chi connectivity index (χ2n) is 5.39. The molecule has 116 valence electrons. The minimum Gasteiger partial charge on any atom is -0.291 e. The number of thioether (sulfide) groups is 1. The Balaban J connectivity index is 1.69. The van der Waals surface area contributed by atoms with Crippen molar-refractivity contribution in [2.75, 3.05) is 0 Å². The number of aryl methyl sites for hydroxylation is 3. The van der Waals surface area contributed by atoms with Crippen molar-refractivity contribution in [3.05, 3.63) is 46.6 Å². The summed E-state index contributed by atoms with van der Waals surface area (Å²) in [6.07, 6.45) is 5.74. The van der Waals surface area contributed by atoms with Crippen molar-refractivity contribution in [2.45, 2.75) is 31.6 Å². The Morgan fingerprint density at radius 1 is 1.17 bits per heavy atom. The highest BCUT2D eigenvalue weighted by atomic mass is 32.2. The quantitative estimate of drug-likeness (QED) is 0.417. The maximum atomic E-state index is 4.65. The lowest BCUT2D eigenvalue weighted by Gasteiger charge is -2.03. The summed E-state index contributed by atoms with van der Waals surface area (Å²) in [6.45, 7) is 6.23. The van der Waals surface area contributed by atoms with Crippen LogP contribution in [0.1, 0.15) is 22.0 Å². The highest BCUT2D eigenvalue weighted by Crippen LogP contribution is 2.36. The van der Waals surface area contributed by atoms with E-state index in [1.54, 1.807) is 29.3 Å². The lowest BCUT2D eigenvalue weighted by atomic mass is 10.2. The number of nitrogens with zero attached hydrogens (tertiary/aromatic N) is 5. The fraction of sp³-hybridized carbons (Fsp3) is 0.250. The van der Waals surface area contributed by atoms with Crippen molar-refractivity contribution >= 4 is 39.1 Å². The van der Waals surface area contributed by atoms with Crippen LogP contribution in [0.3, 0.4) is 0 Å². The summed E-state index contributed by atoms with van der Waals surface area (Å²) < 4.78 is 1.94. The van der Waals surface area contributed by atoms with Gasteiger partial charge in [-0.1, -0.05) is 11.8 Å². The van der Waals surface area contributed by atoms with Crippen molar-refractivity contribution in [2.24, 2.45) is 0 Å². The molecule has 0 spiro atoms. The van der Waals surface area contributed by atoms with Gasteiger partial charge in [0.2, 0.25) is 5.78 Å². The second kappa shape index (κ2) is 5.58. The standard InChI is InChI=1S/C16H15N5S2/c1-9-10(2)23-15-13(9)14(18-11(3)19-15)22-8-12-7-21-6-4-5-17-16(21)20-12/h4-7H,8H2,1-3H3. The van der Waals surface area contributed by atoms with Crippen LogP contribution in [0, 0.1) is 20.8 Å². The normalized spacial score (nSPS) is 11.6. The molecule has 0 bridgehead atoms. The van der Waals surface area contributed by atoms with Crippen LogP contribution in [0.4, 0.5) is 0 Å². The number of hydrogen-bond donors (Lipinski definition) is 0. The molecule has 23 heavy (non-hydrogen) atoms. The molecule has 0 aromatic carbocycles. The van der Waals surface area contributed by atoms with E-state index < -0.39 is 0 Å². The van der Waals surface area contributed by atoms with Crippen molar-refractivity contribution in [1.82, 2.24) is 24.3 Å². The molecule has 4 heterocycles. The Hall–Kier alpha value is -1.99. The van der Waals surface area contributed by atoms with E-state index in [0.717, 1.165) is 32.9 Å². The molecule has 0 N–H and O–H groups in total. The molecule has 0 fully saturated rings. The van der Waals surface area contributed by atoms with Crippen LogP contribution in [0.15, 0.2) is 29.7 Å². The smallest absolute Gasteiger partial charge is 0.233 e. The Labute approximate surface area is 141 Å². The van der Waals surface area contributed by atoms with Gasteiger partial charge in [0.05, 0.1) is 5.69 Å². The summed E-state index contributed by atoms with van der Waals surface area (Å²) in [6, 6.07) is 1.90. The molecule has 7 heteroatoms. The Morgan fingerprint density at radius 3 is 2.87 bits per heavy atom. The molecule has 4 aromatic rings. The van der Waals surface area contributed by atoms with Crippen LogP contribution < -0.4 is 0 Å². The van der Waals surface area contributed by atoms with Crippen molar-refractivity contribution < 1.29 is 0 Å². The molecular weight excluding hydrogens is 326 g/mol. The molecule has 0 aliphatic rings. The summed E-state index contributed by atoms with van der Waals surface area (Å²) in [5, 5.41) is 2.23. The maximum absolute atomic E-state index is 4.65. The summed E-state index contributed by atoms with van der Waals surface area (Å²) >= 11 is 3.45. The van der Waals surface area contributed by atoms with Gasteiger partial charge in [-0.3, -0.25) is 4.40 Å². The van der Waals surface area contributed by atoms with E-state index >= 15 is 0 Å². The third kappa shape index (κ3) is 2.60. The van der Waals surface area contributed by atoms with Crippen LogP contribution in [0.5, 0.6) is 0 Å². The molecule has 0 saturated heterocycles. The van der Waals surface area contributed by atoms with Gasteiger partial charge in [-0.15, -0.1) is 11.3 Å². The highest BCUT2D eigenvalue weighted by molar-refractivity contribution is 7.98. The third-order valence-corrected chi connectivity index (χ3v) is 5.86. The number of thiophene rings is 1. The molecular formula is C16H15N5S2. The Bertz CT molecular complexity index is 985. The number of rotatable bonds is 3. The van der Waals surface area contributed by atoms with Crippen molar-refractivity contribution in [3.63, 3.8) is 0 Å². The number of aromatic nitrogens is 5. The highest BCUT2D eigenvalue weighted by Gasteiger charge is 2.14. The van der Waals surface area contributed by atoms with Gasteiger partial charge < -0.3 is 0 Å². The molecule has 4 rings (SSSR count). The second-order valence-corrected chi connectivity index (χ2v) is 7.55. The first-order valence-corrected chi connectivity index (χ1v) is 9.08. The predicted octanol–water partition coefficient (Wildman–Crippen LogP) is 3.95. The third-order valence-electron chi connectivity index (χ3n) is 3.75. The summed E-state index contributed by atoms with van der Waals surface area (Å²) in [5.74, 6) is 2.32. The number of imidazole rings is 1. The first-order valence-electron chi connectivity index (χ1n) is 7.27. The van der Waals surface area contributed by atoms with E-state index in [4.69, 9.17) is 0 Å². The zero-order chi connectivity index (χ0) is 16.0. The van der Waals surface area contributed by atoms with Gasteiger partial charge >= 0.3 is 0 Å². The van der Waals surface area contributed by atoms with Gasteiger partial charge in [-0.2, -0.15) is 0 Å².